The molecule has 4 heteroatoms. The monoisotopic (exact) mass is 281 g/mol. The van der Waals surface area contributed by atoms with Gasteiger partial charge in [0.2, 0.25) is 0 Å². The van der Waals surface area contributed by atoms with E-state index in [-0.39, 0.29) is 5.97 Å². The zero-order chi connectivity index (χ0) is 14.1. The standard InChI is InChI=1S/C15H23NO2S/c1-4-11-16-15(12-19-3,14(17)18-5-2)13-9-7-6-8-10-13/h6-10,16H,4-5,11-12H2,1-3H3. The van der Waals surface area contributed by atoms with Gasteiger partial charge in [-0.1, -0.05) is 37.3 Å². The van der Waals surface area contributed by atoms with Gasteiger partial charge in [-0.05, 0) is 31.7 Å². The molecule has 0 amide bonds. The van der Waals surface area contributed by atoms with Gasteiger partial charge in [0.15, 0.2) is 5.54 Å². The second kappa shape index (κ2) is 8.23. The molecule has 1 unspecified atom stereocenters. The molecule has 1 aromatic rings. The Kier molecular flexibility index (Phi) is 6.95. The number of thioether (sulfide) groups is 1. The third kappa shape index (κ3) is 3.98. The Labute approximate surface area is 120 Å². The fourth-order valence-corrected chi connectivity index (χ4v) is 2.84. The summed E-state index contributed by atoms with van der Waals surface area (Å²) in [5, 5.41) is 3.39. The topological polar surface area (TPSA) is 38.3 Å². The molecule has 3 nitrogen and oxygen atoms in total. The van der Waals surface area contributed by atoms with Gasteiger partial charge in [-0.3, -0.25) is 5.32 Å². The number of rotatable bonds is 8. The summed E-state index contributed by atoms with van der Waals surface area (Å²) in [5.74, 6) is 0.472. The van der Waals surface area contributed by atoms with E-state index in [0.29, 0.717) is 12.4 Å². The van der Waals surface area contributed by atoms with Crippen molar-refractivity contribution < 1.29 is 9.53 Å². The van der Waals surface area contributed by atoms with E-state index >= 15 is 0 Å². The van der Waals surface area contributed by atoms with Gasteiger partial charge in [-0.2, -0.15) is 11.8 Å². The van der Waals surface area contributed by atoms with Crippen LogP contribution in [0.2, 0.25) is 0 Å². The number of carbonyl (C=O) groups is 1. The van der Waals surface area contributed by atoms with Gasteiger partial charge in [0.25, 0.3) is 0 Å². The van der Waals surface area contributed by atoms with E-state index in [2.05, 4.69) is 12.2 Å². The third-order valence-electron chi connectivity index (χ3n) is 2.93. The zero-order valence-corrected chi connectivity index (χ0v) is 12.8. The van der Waals surface area contributed by atoms with Crippen LogP contribution in [0, 0.1) is 0 Å². The fourth-order valence-electron chi connectivity index (χ4n) is 2.02. The first-order valence-corrected chi connectivity index (χ1v) is 8.07. The SMILES string of the molecule is CCCNC(CSC)(C(=O)OCC)c1ccccc1. The maximum atomic E-state index is 12.5. The fraction of sp³-hybridized carbons (Fsp3) is 0.533. The Morgan fingerprint density at radius 1 is 1.32 bits per heavy atom. The van der Waals surface area contributed by atoms with Crippen molar-refractivity contribution in [3.05, 3.63) is 35.9 Å². The molecule has 1 atom stereocenters. The first kappa shape index (κ1) is 16.1. The second-order valence-corrected chi connectivity index (χ2v) is 5.22. The van der Waals surface area contributed by atoms with E-state index in [9.17, 15) is 4.79 Å². The molecule has 0 aliphatic rings. The number of ether oxygens (including phenoxy) is 1. The highest BCUT2D eigenvalue weighted by molar-refractivity contribution is 7.98. The number of carbonyl (C=O) groups excluding carboxylic acids is 1. The normalized spacial score (nSPS) is 13.8. The maximum absolute atomic E-state index is 12.5. The van der Waals surface area contributed by atoms with Gasteiger partial charge < -0.3 is 4.74 Å². The average Bonchev–Trinajstić information content (AvgIpc) is 2.44. The number of benzene rings is 1. The minimum Gasteiger partial charge on any atom is -0.464 e. The molecule has 0 aliphatic heterocycles. The van der Waals surface area contributed by atoms with E-state index in [4.69, 9.17) is 4.74 Å². The van der Waals surface area contributed by atoms with Crippen molar-refractivity contribution in [1.29, 1.82) is 0 Å². The third-order valence-corrected chi connectivity index (χ3v) is 3.65. The Morgan fingerprint density at radius 3 is 2.53 bits per heavy atom. The van der Waals surface area contributed by atoms with Crippen molar-refractivity contribution in [3.63, 3.8) is 0 Å². The van der Waals surface area contributed by atoms with Crippen LogP contribution in [0.3, 0.4) is 0 Å². The Bertz CT molecular complexity index is 383. The zero-order valence-electron chi connectivity index (χ0n) is 11.9. The van der Waals surface area contributed by atoms with Gasteiger partial charge in [0.05, 0.1) is 6.61 Å². The Morgan fingerprint density at radius 2 is 2.00 bits per heavy atom. The first-order chi connectivity index (χ1) is 9.21. The molecule has 0 saturated carbocycles. The molecule has 0 radical (unpaired) electrons. The van der Waals surface area contributed by atoms with Crippen LogP contribution in [-0.4, -0.2) is 31.1 Å². The molecule has 19 heavy (non-hydrogen) atoms. The molecule has 0 aliphatic carbocycles. The summed E-state index contributed by atoms with van der Waals surface area (Å²) in [6.07, 6.45) is 2.98. The van der Waals surface area contributed by atoms with Gasteiger partial charge >= 0.3 is 5.97 Å². The number of esters is 1. The lowest BCUT2D eigenvalue weighted by atomic mass is 9.91. The molecular formula is C15H23NO2S. The van der Waals surface area contributed by atoms with Crippen LogP contribution in [0.25, 0.3) is 0 Å². The molecule has 0 aromatic heterocycles. The predicted molar refractivity (Wildman–Crippen MR) is 81.4 cm³/mol. The Balaban J connectivity index is 3.14. The van der Waals surface area contributed by atoms with Gasteiger partial charge in [-0.15, -0.1) is 0 Å². The maximum Gasteiger partial charge on any atom is 0.331 e. The molecule has 106 valence electrons. The molecule has 0 fully saturated rings. The van der Waals surface area contributed by atoms with E-state index in [1.54, 1.807) is 11.8 Å². The van der Waals surface area contributed by atoms with E-state index in [0.717, 1.165) is 18.5 Å². The second-order valence-electron chi connectivity index (χ2n) is 4.35. The van der Waals surface area contributed by atoms with E-state index < -0.39 is 5.54 Å². The smallest absolute Gasteiger partial charge is 0.331 e. The molecule has 0 saturated heterocycles. The summed E-state index contributed by atoms with van der Waals surface area (Å²) in [7, 11) is 0. The molecule has 0 bridgehead atoms. The van der Waals surface area contributed by atoms with Crippen molar-refractivity contribution in [2.24, 2.45) is 0 Å². The largest absolute Gasteiger partial charge is 0.464 e. The molecule has 0 spiro atoms. The summed E-state index contributed by atoms with van der Waals surface area (Å²) >= 11 is 1.64. The quantitative estimate of drug-likeness (QED) is 0.744. The van der Waals surface area contributed by atoms with Crippen LogP contribution in [0.1, 0.15) is 25.8 Å². The van der Waals surface area contributed by atoms with Crippen molar-refractivity contribution >= 4 is 17.7 Å². The number of hydrogen-bond donors (Lipinski definition) is 1. The summed E-state index contributed by atoms with van der Waals surface area (Å²) in [4.78, 5) is 12.5. The highest BCUT2D eigenvalue weighted by Crippen LogP contribution is 2.27. The number of hydrogen-bond acceptors (Lipinski definition) is 4. The minimum absolute atomic E-state index is 0.191. The summed E-state index contributed by atoms with van der Waals surface area (Å²) < 4.78 is 5.30. The van der Waals surface area contributed by atoms with Gasteiger partial charge in [0, 0.05) is 5.75 Å². The van der Waals surface area contributed by atoms with Crippen molar-refractivity contribution in [1.82, 2.24) is 5.32 Å². The summed E-state index contributed by atoms with van der Waals surface area (Å²) in [6.45, 7) is 5.11. The lowest BCUT2D eigenvalue weighted by molar-refractivity contribution is -0.150. The summed E-state index contributed by atoms with van der Waals surface area (Å²) in [5.41, 5.74) is 0.225. The van der Waals surface area contributed by atoms with Gasteiger partial charge in [0.1, 0.15) is 0 Å². The minimum atomic E-state index is -0.743. The van der Waals surface area contributed by atoms with Crippen molar-refractivity contribution in [3.8, 4) is 0 Å². The molecule has 1 N–H and O–H groups in total. The van der Waals surface area contributed by atoms with Crippen LogP contribution in [0.4, 0.5) is 0 Å². The molecule has 1 aromatic carbocycles. The average molecular weight is 281 g/mol. The van der Waals surface area contributed by atoms with E-state index in [1.807, 2.05) is 43.5 Å². The van der Waals surface area contributed by atoms with Crippen LogP contribution >= 0.6 is 11.8 Å². The Hall–Kier alpha value is -1.00. The van der Waals surface area contributed by atoms with Crippen LogP contribution < -0.4 is 5.32 Å². The molecule has 1 rings (SSSR count). The van der Waals surface area contributed by atoms with Crippen LogP contribution in [-0.2, 0) is 15.1 Å². The van der Waals surface area contributed by atoms with E-state index in [1.165, 1.54) is 0 Å². The lowest BCUT2D eigenvalue weighted by Gasteiger charge is -2.32. The highest BCUT2D eigenvalue weighted by Gasteiger charge is 2.40. The van der Waals surface area contributed by atoms with Crippen molar-refractivity contribution in [2.75, 3.05) is 25.2 Å². The number of nitrogens with one attached hydrogen (secondary N) is 1. The van der Waals surface area contributed by atoms with Crippen LogP contribution in [0.5, 0.6) is 0 Å². The predicted octanol–water partition coefficient (Wildman–Crippen LogP) is 2.81. The summed E-state index contributed by atoms with van der Waals surface area (Å²) in [6, 6.07) is 9.83. The van der Waals surface area contributed by atoms with Gasteiger partial charge in [-0.25, -0.2) is 4.79 Å². The first-order valence-electron chi connectivity index (χ1n) is 6.68. The van der Waals surface area contributed by atoms with Crippen molar-refractivity contribution in [2.45, 2.75) is 25.8 Å². The molecule has 0 heterocycles. The highest BCUT2D eigenvalue weighted by atomic mass is 32.2. The molecular weight excluding hydrogens is 258 g/mol. The van der Waals surface area contributed by atoms with Crippen LogP contribution in [0.15, 0.2) is 30.3 Å². The lowest BCUT2D eigenvalue weighted by Crippen LogP contribution is -2.52.